The van der Waals surface area contributed by atoms with Crippen molar-refractivity contribution in [2.45, 2.75) is 6.92 Å². The van der Waals surface area contributed by atoms with Crippen LogP contribution in [0.25, 0.3) is 0 Å². The summed E-state index contributed by atoms with van der Waals surface area (Å²) >= 11 is 0. The number of carbonyl (C=O) groups excluding carboxylic acids is 2. The number of nitrogen functional groups attached to an aromatic ring is 1. The molecule has 0 aliphatic carbocycles. The Kier molecular flexibility index (Phi) is 6.35. The van der Waals surface area contributed by atoms with E-state index in [4.69, 9.17) is 10.5 Å². The first-order chi connectivity index (χ1) is 11.3. The number of ether oxygens (including phenoxy) is 1. The molecule has 11 nitrogen and oxygen atoms in total. The molecular weight excluding hydrogens is 322 g/mol. The van der Waals surface area contributed by atoms with Crippen LogP contribution in [0.2, 0.25) is 0 Å². The molecule has 0 bridgehead atoms. The molecule has 0 saturated carbocycles. The first-order valence-corrected chi connectivity index (χ1v) is 6.60. The van der Waals surface area contributed by atoms with Crippen molar-refractivity contribution in [2.24, 2.45) is 0 Å². The lowest BCUT2D eigenvalue weighted by Crippen LogP contribution is -2.56. The monoisotopic (exact) mass is 338 g/mol. The van der Waals surface area contributed by atoms with Crippen LogP contribution in [0, 0.1) is 15.0 Å². The molecule has 0 heterocycles. The minimum absolute atomic E-state index is 0.00961. The van der Waals surface area contributed by atoms with E-state index in [1.807, 2.05) is 0 Å². The second kappa shape index (κ2) is 8.22. The molecule has 0 saturated heterocycles. The van der Waals surface area contributed by atoms with Crippen molar-refractivity contribution >= 4 is 34.7 Å². The highest BCUT2D eigenvalue weighted by atomic mass is 16.6. The molecule has 1 rings (SSSR count). The van der Waals surface area contributed by atoms with Crippen molar-refractivity contribution in [3.05, 3.63) is 39.3 Å². The summed E-state index contributed by atoms with van der Waals surface area (Å²) in [6, 6.07) is 1.52. The van der Waals surface area contributed by atoms with Gasteiger partial charge in [0, 0.05) is 21.7 Å². The standard InChI is InChI=1S/C13H15N5O6/c1-7(2)12(19)24-6-5-15-13(20)16-8-3-4-9(18(22)23)11(17-21)10(8)14/h3-4H,1,5-6,14H2,2H3,(H2,15,16,20)/p+1. The van der Waals surface area contributed by atoms with E-state index >= 15 is 0 Å². The largest absolute Gasteiger partial charge is 0.460 e. The van der Waals surface area contributed by atoms with Crippen molar-refractivity contribution in [3.8, 4) is 0 Å². The molecule has 0 aliphatic heterocycles. The van der Waals surface area contributed by atoms with Crippen LogP contribution in [0.3, 0.4) is 0 Å². The number of nitro benzene ring substituents is 1. The number of hydrogen-bond donors (Lipinski definition) is 4. The maximum atomic E-state index is 11.7. The summed E-state index contributed by atoms with van der Waals surface area (Å²) in [6.45, 7) is 4.84. The number of rotatable bonds is 7. The van der Waals surface area contributed by atoms with Gasteiger partial charge in [0.25, 0.3) is 0 Å². The van der Waals surface area contributed by atoms with Gasteiger partial charge in [-0.3, -0.25) is 10.1 Å². The van der Waals surface area contributed by atoms with Gasteiger partial charge in [0.2, 0.25) is 0 Å². The van der Waals surface area contributed by atoms with Gasteiger partial charge in [0.1, 0.15) is 12.3 Å². The number of nitrogens with one attached hydrogen (secondary N) is 3. The predicted octanol–water partition coefficient (Wildman–Crippen LogP) is -0.104. The Labute approximate surface area is 136 Å². The van der Waals surface area contributed by atoms with E-state index in [0.29, 0.717) is 0 Å². The van der Waals surface area contributed by atoms with Crippen LogP contribution in [0.4, 0.5) is 27.5 Å². The highest BCUT2D eigenvalue weighted by Crippen LogP contribution is 2.32. The van der Waals surface area contributed by atoms with Gasteiger partial charge in [0.15, 0.2) is 0 Å². The third kappa shape index (κ3) is 4.76. The fourth-order valence-electron chi connectivity index (χ4n) is 1.57. The van der Waals surface area contributed by atoms with Gasteiger partial charge >= 0.3 is 23.4 Å². The molecule has 0 radical (unpaired) electrons. The minimum atomic E-state index is -0.781. The number of nitrogens with zero attached hydrogens (tertiary/aromatic N) is 1. The fourth-order valence-corrected chi connectivity index (χ4v) is 1.57. The van der Waals surface area contributed by atoms with Crippen molar-refractivity contribution < 1.29 is 24.4 Å². The van der Waals surface area contributed by atoms with Gasteiger partial charge in [-0.25, -0.2) is 9.59 Å². The van der Waals surface area contributed by atoms with Gasteiger partial charge in [-0.1, -0.05) is 6.58 Å². The first kappa shape index (κ1) is 18.5. The number of carbonyl (C=O) groups is 2. The Morgan fingerprint density at radius 3 is 2.67 bits per heavy atom. The van der Waals surface area contributed by atoms with E-state index in [1.54, 1.807) is 0 Å². The Morgan fingerprint density at radius 1 is 1.46 bits per heavy atom. The Morgan fingerprint density at radius 2 is 2.12 bits per heavy atom. The van der Waals surface area contributed by atoms with E-state index < -0.39 is 28.3 Å². The summed E-state index contributed by atoms with van der Waals surface area (Å²) in [7, 11) is 0. The van der Waals surface area contributed by atoms with Gasteiger partial charge in [0.05, 0.1) is 17.2 Å². The smallest absolute Gasteiger partial charge is 0.354 e. The number of nitrogens with two attached hydrogens (primary N) is 1. The van der Waals surface area contributed by atoms with Crippen LogP contribution in [-0.4, -0.2) is 30.1 Å². The molecule has 0 unspecified atom stereocenters. The summed E-state index contributed by atoms with van der Waals surface area (Å²) < 4.78 is 4.77. The van der Waals surface area contributed by atoms with Crippen LogP contribution in [0.1, 0.15) is 6.92 Å². The number of nitroso groups, excluding NO2 is 1. The molecule has 0 spiro atoms. The molecular formula is C13H16N5O6+. The zero-order chi connectivity index (χ0) is 18.3. The van der Waals surface area contributed by atoms with Crippen LogP contribution < -0.4 is 21.5 Å². The summed E-state index contributed by atoms with van der Waals surface area (Å²) in [5, 5.41) is 16.9. The SMILES string of the molecule is C=C(C)C(=O)OCCNC(=O)Nc1ccc([N+](=O)[O-])c([NH+]=O)c1N. The normalized spacial score (nSPS) is 9.71. The van der Waals surface area contributed by atoms with Crippen LogP contribution >= 0.6 is 0 Å². The third-order valence-corrected chi connectivity index (χ3v) is 2.74. The van der Waals surface area contributed by atoms with Gasteiger partial charge in [-0.15, -0.1) is 0 Å². The fraction of sp³-hybridized carbons (Fsp3) is 0.231. The van der Waals surface area contributed by atoms with Crippen LogP contribution in [0.15, 0.2) is 24.3 Å². The topological polar surface area (TPSA) is 168 Å². The molecule has 0 atom stereocenters. The van der Waals surface area contributed by atoms with E-state index in [1.165, 1.54) is 18.2 Å². The molecule has 5 N–H and O–H groups in total. The highest BCUT2D eigenvalue weighted by molar-refractivity contribution is 5.95. The molecule has 1 aromatic carbocycles. The number of urea groups is 1. The molecule has 0 aromatic heterocycles. The van der Waals surface area contributed by atoms with E-state index in [2.05, 4.69) is 17.2 Å². The average molecular weight is 338 g/mol. The van der Waals surface area contributed by atoms with Crippen molar-refractivity contribution in [3.63, 3.8) is 0 Å². The Balaban J connectivity index is 2.65. The third-order valence-electron chi connectivity index (χ3n) is 2.74. The summed E-state index contributed by atoms with van der Waals surface area (Å²) in [5.41, 5.74) is 4.62. The molecule has 0 fully saturated rings. The number of esters is 1. The highest BCUT2D eigenvalue weighted by Gasteiger charge is 2.26. The van der Waals surface area contributed by atoms with Gasteiger partial charge in [-0.2, -0.15) is 0 Å². The molecule has 0 aliphatic rings. The van der Waals surface area contributed by atoms with Gasteiger partial charge < -0.3 is 21.1 Å². The summed E-state index contributed by atoms with van der Waals surface area (Å²) in [4.78, 5) is 43.6. The second-order valence-electron chi connectivity index (χ2n) is 4.58. The Bertz CT molecular complexity index is 702. The lowest BCUT2D eigenvalue weighted by Gasteiger charge is -2.09. The zero-order valence-electron chi connectivity index (χ0n) is 12.8. The molecule has 128 valence electrons. The first-order valence-electron chi connectivity index (χ1n) is 6.60. The predicted molar refractivity (Wildman–Crippen MR) is 84.3 cm³/mol. The minimum Gasteiger partial charge on any atom is -0.460 e. The maximum absolute atomic E-state index is 11.7. The van der Waals surface area contributed by atoms with E-state index in [0.717, 1.165) is 6.07 Å². The molecule has 1 aromatic rings. The van der Waals surface area contributed by atoms with E-state index in [-0.39, 0.29) is 30.1 Å². The molecule has 24 heavy (non-hydrogen) atoms. The van der Waals surface area contributed by atoms with Crippen LogP contribution in [0.5, 0.6) is 0 Å². The second-order valence-corrected chi connectivity index (χ2v) is 4.58. The number of hydrogen-bond acceptors (Lipinski definition) is 7. The maximum Gasteiger partial charge on any atom is 0.354 e. The van der Waals surface area contributed by atoms with Crippen LogP contribution in [-0.2, 0) is 9.53 Å². The average Bonchev–Trinajstić information content (AvgIpc) is 2.52. The molecule has 2 amide bonds. The van der Waals surface area contributed by atoms with Crippen molar-refractivity contribution in [1.82, 2.24) is 5.32 Å². The Hall–Kier alpha value is -3.50. The zero-order valence-corrected chi connectivity index (χ0v) is 12.8. The lowest BCUT2D eigenvalue weighted by molar-refractivity contribution is -0.420. The number of anilines is 2. The summed E-state index contributed by atoms with van der Waals surface area (Å²) in [5.74, 6) is -0.581. The number of amides is 2. The number of benzene rings is 1. The van der Waals surface area contributed by atoms with E-state index in [9.17, 15) is 24.6 Å². The van der Waals surface area contributed by atoms with Crippen molar-refractivity contribution in [2.75, 3.05) is 24.2 Å². The lowest BCUT2D eigenvalue weighted by atomic mass is 10.2. The number of nitro groups is 1. The summed E-state index contributed by atoms with van der Waals surface area (Å²) in [6.07, 6.45) is 0. The van der Waals surface area contributed by atoms with Crippen molar-refractivity contribution in [1.29, 1.82) is 0 Å². The quantitative estimate of drug-likeness (QED) is 0.134. The molecule has 11 heteroatoms. The van der Waals surface area contributed by atoms with Gasteiger partial charge in [-0.05, 0) is 13.0 Å².